The second-order valence-corrected chi connectivity index (χ2v) is 5.47. The van der Waals surface area contributed by atoms with Crippen LogP contribution in [0.2, 0.25) is 0 Å². The molecule has 5 heteroatoms. The van der Waals surface area contributed by atoms with Crippen molar-refractivity contribution in [3.63, 3.8) is 0 Å². The van der Waals surface area contributed by atoms with Gasteiger partial charge in [0.05, 0.1) is 12.7 Å². The van der Waals surface area contributed by atoms with E-state index in [1.165, 1.54) is 0 Å². The van der Waals surface area contributed by atoms with Crippen molar-refractivity contribution in [3.8, 4) is 0 Å². The number of hydrogen-bond acceptors (Lipinski definition) is 4. The summed E-state index contributed by atoms with van der Waals surface area (Å²) in [5.41, 5.74) is -0.800. The Morgan fingerprint density at radius 3 is 2.84 bits per heavy atom. The summed E-state index contributed by atoms with van der Waals surface area (Å²) in [7, 11) is 0. The molecule has 0 spiro atoms. The van der Waals surface area contributed by atoms with Crippen molar-refractivity contribution in [2.24, 2.45) is 0 Å². The van der Waals surface area contributed by atoms with Crippen LogP contribution in [0.5, 0.6) is 0 Å². The molecule has 1 rings (SSSR count). The van der Waals surface area contributed by atoms with Crippen molar-refractivity contribution in [3.05, 3.63) is 0 Å². The number of likely N-dealkylation sites (N-methyl/N-ethyl adjacent to an activating group) is 1. The van der Waals surface area contributed by atoms with Crippen molar-refractivity contribution in [1.82, 2.24) is 10.2 Å². The van der Waals surface area contributed by atoms with E-state index in [1.54, 1.807) is 6.92 Å². The number of nitrogens with zero attached hydrogens (tertiary/aromatic N) is 1. The van der Waals surface area contributed by atoms with Gasteiger partial charge in [0.2, 0.25) is 0 Å². The van der Waals surface area contributed by atoms with Gasteiger partial charge in [0.15, 0.2) is 0 Å². The first-order chi connectivity index (χ1) is 9.01. The number of ether oxygens (including phenoxy) is 1. The summed E-state index contributed by atoms with van der Waals surface area (Å²) in [6.07, 6.45) is 2.94. The van der Waals surface area contributed by atoms with Gasteiger partial charge in [-0.15, -0.1) is 0 Å². The number of rotatable bonds is 8. The quantitative estimate of drug-likeness (QED) is 0.698. The fourth-order valence-corrected chi connectivity index (χ4v) is 2.55. The molecule has 0 aromatic carbocycles. The molecule has 1 fully saturated rings. The molecule has 2 atom stereocenters. The zero-order valence-electron chi connectivity index (χ0n) is 12.4. The van der Waals surface area contributed by atoms with Gasteiger partial charge in [0, 0.05) is 13.1 Å². The SMILES string of the molecule is CCNC(C)(CCCN1CCOC(CC)C1)C(=O)O. The van der Waals surface area contributed by atoms with E-state index in [4.69, 9.17) is 4.74 Å². The topological polar surface area (TPSA) is 61.8 Å². The molecule has 1 aliphatic heterocycles. The summed E-state index contributed by atoms with van der Waals surface area (Å²) >= 11 is 0. The molecular weight excluding hydrogens is 244 g/mol. The van der Waals surface area contributed by atoms with Gasteiger partial charge in [-0.05, 0) is 39.3 Å². The number of carboxylic acid groups (broad SMARTS) is 1. The van der Waals surface area contributed by atoms with Crippen LogP contribution < -0.4 is 5.32 Å². The molecule has 1 aliphatic rings. The molecule has 5 nitrogen and oxygen atoms in total. The molecule has 1 saturated heterocycles. The Kier molecular flexibility index (Phi) is 6.75. The third-order valence-electron chi connectivity index (χ3n) is 3.87. The molecule has 0 aromatic heterocycles. The minimum atomic E-state index is -0.800. The van der Waals surface area contributed by atoms with Crippen LogP contribution >= 0.6 is 0 Å². The lowest BCUT2D eigenvalue weighted by Gasteiger charge is -2.33. The van der Waals surface area contributed by atoms with Gasteiger partial charge >= 0.3 is 5.97 Å². The Bertz CT molecular complexity index is 286. The highest BCUT2D eigenvalue weighted by atomic mass is 16.5. The fourth-order valence-electron chi connectivity index (χ4n) is 2.55. The van der Waals surface area contributed by atoms with E-state index in [0.29, 0.717) is 19.1 Å². The van der Waals surface area contributed by atoms with E-state index in [0.717, 1.165) is 39.1 Å². The molecule has 0 aromatic rings. The van der Waals surface area contributed by atoms with Gasteiger partial charge in [-0.3, -0.25) is 9.69 Å². The van der Waals surface area contributed by atoms with Crippen LogP contribution in [0.1, 0.15) is 40.0 Å². The minimum absolute atomic E-state index is 0.341. The highest BCUT2D eigenvalue weighted by Gasteiger charge is 2.31. The predicted molar refractivity (Wildman–Crippen MR) is 75.4 cm³/mol. The number of carbonyl (C=O) groups is 1. The predicted octanol–water partition coefficient (Wildman–Crippen LogP) is 1.33. The van der Waals surface area contributed by atoms with Gasteiger partial charge in [0.1, 0.15) is 5.54 Å². The minimum Gasteiger partial charge on any atom is -0.480 e. The normalized spacial score (nSPS) is 24.1. The Morgan fingerprint density at radius 1 is 1.53 bits per heavy atom. The third kappa shape index (κ3) is 5.09. The molecule has 1 heterocycles. The lowest BCUT2D eigenvalue weighted by molar-refractivity contribution is -0.144. The van der Waals surface area contributed by atoms with E-state index in [1.807, 2.05) is 6.92 Å². The van der Waals surface area contributed by atoms with Crippen LogP contribution in [0.15, 0.2) is 0 Å². The summed E-state index contributed by atoms with van der Waals surface area (Å²) in [5.74, 6) is -0.761. The molecule has 0 bridgehead atoms. The first-order valence-corrected chi connectivity index (χ1v) is 7.34. The van der Waals surface area contributed by atoms with Gasteiger partial charge in [0.25, 0.3) is 0 Å². The van der Waals surface area contributed by atoms with Crippen molar-refractivity contribution < 1.29 is 14.6 Å². The molecule has 2 N–H and O–H groups in total. The van der Waals surface area contributed by atoms with Gasteiger partial charge < -0.3 is 15.2 Å². The number of nitrogens with one attached hydrogen (secondary N) is 1. The van der Waals surface area contributed by atoms with Crippen LogP contribution in [-0.4, -0.2) is 60.4 Å². The van der Waals surface area contributed by atoms with Crippen molar-refractivity contribution in [2.45, 2.75) is 51.7 Å². The average molecular weight is 272 g/mol. The monoisotopic (exact) mass is 272 g/mol. The number of morpholine rings is 1. The number of carboxylic acids is 1. The van der Waals surface area contributed by atoms with Crippen molar-refractivity contribution in [1.29, 1.82) is 0 Å². The van der Waals surface area contributed by atoms with E-state index in [9.17, 15) is 9.90 Å². The van der Waals surface area contributed by atoms with E-state index < -0.39 is 11.5 Å². The summed E-state index contributed by atoms with van der Waals surface area (Å²) in [6.45, 7) is 10.2. The molecule has 112 valence electrons. The van der Waals surface area contributed by atoms with Gasteiger partial charge in [-0.25, -0.2) is 0 Å². The fraction of sp³-hybridized carbons (Fsp3) is 0.929. The third-order valence-corrected chi connectivity index (χ3v) is 3.87. The van der Waals surface area contributed by atoms with Crippen LogP contribution in [0.4, 0.5) is 0 Å². The summed E-state index contributed by atoms with van der Waals surface area (Å²) in [4.78, 5) is 13.7. The standard InChI is InChI=1S/C14H28N2O3/c1-4-12-11-16(9-10-19-12)8-6-7-14(3,13(17)18)15-5-2/h12,15H,4-11H2,1-3H3,(H,17,18). The lowest BCUT2D eigenvalue weighted by atomic mass is 9.95. The molecule has 0 amide bonds. The van der Waals surface area contributed by atoms with Gasteiger partial charge in [-0.1, -0.05) is 13.8 Å². The van der Waals surface area contributed by atoms with Crippen molar-refractivity contribution >= 4 is 5.97 Å². The van der Waals surface area contributed by atoms with Crippen LogP contribution in [0.25, 0.3) is 0 Å². The van der Waals surface area contributed by atoms with Crippen LogP contribution in [-0.2, 0) is 9.53 Å². The van der Waals surface area contributed by atoms with Crippen molar-refractivity contribution in [2.75, 3.05) is 32.8 Å². The molecule has 19 heavy (non-hydrogen) atoms. The van der Waals surface area contributed by atoms with Crippen LogP contribution in [0.3, 0.4) is 0 Å². The zero-order valence-corrected chi connectivity index (χ0v) is 12.4. The Hall–Kier alpha value is -0.650. The maximum absolute atomic E-state index is 11.3. The zero-order chi connectivity index (χ0) is 14.3. The van der Waals surface area contributed by atoms with E-state index in [2.05, 4.69) is 17.1 Å². The first kappa shape index (κ1) is 16.4. The highest BCUT2D eigenvalue weighted by molar-refractivity contribution is 5.78. The molecule has 0 aliphatic carbocycles. The van der Waals surface area contributed by atoms with E-state index in [-0.39, 0.29) is 0 Å². The molecule has 0 saturated carbocycles. The number of aliphatic carboxylic acids is 1. The van der Waals surface area contributed by atoms with E-state index >= 15 is 0 Å². The Labute approximate surface area is 116 Å². The maximum atomic E-state index is 11.3. The smallest absolute Gasteiger partial charge is 0.323 e. The highest BCUT2D eigenvalue weighted by Crippen LogP contribution is 2.15. The maximum Gasteiger partial charge on any atom is 0.323 e. The van der Waals surface area contributed by atoms with Gasteiger partial charge in [-0.2, -0.15) is 0 Å². The Balaban J connectivity index is 2.33. The molecule has 2 unspecified atom stereocenters. The Morgan fingerprint density at radius 2 is 2.26 bits per heavy atom. The van der Waals surface area contributed by atoms with Crippen LogP contribution in [0, 0.1) is 0 Å². The second-order valence-electron chi connectivity index (χ2n) is 5.47. The molecular formula is C14H28N2O3. The molecule has 0 radical (unpaired) electrons. The summed E-state index contributed by atoms with van der Waals surface area (Å²) in [5, 5.41) is 12.4. The average Bonchev–Trinajstić information content (AvgIpc) is 2.39. The number of hydrogen-bond donors (Lipinski definition) is 2. The lowest BCUT2D eigenvalue weighted by Crippen LogP contribution is -2.50. The first-order valence-electron chi connectivity index (χ1n) is 7.34. The second kappa shape index (κ2) is 7.82. The summed E-state index contributed by atoms with van der Waals surface area (Å²) in [6, 6.07) is 0. The summed E-state index contributed by atoms with van der Waals surface area (Å²) < 4.78 is 5.63. The largest absolute Gasteiger partial charge is 0.480 e.